The number of amides is 1. The van der Waals surface area contributed by atoms with Gasteiger partial charge in [0, 0.05) is 50.8 Å². The molecule has 0 aromatic heterocycles. The van der Waals surface area contributed by atoms with E-state index in [0.29, 0.717) is 17.5 Å². The van der Waals surface area contributed by atoms with Gasteiger partial charge in [-0.3, -0.25) is 14.6 Å². The first-order valence-corrected chi connectivity index (χ1v) is 10.7. The van der Waals surface area contributed by atoms with Crippen molar-refractivity contribution in [2.75, 3.05) is 72.2 Å². The molecule has 0 aliphatic carbocycles. The lowest BCUT2D eigenvalue weighted by atomic mass is 9.85. The van der Waals surface area contributed by atoms with Crippen molar-refractivity contribution < 1.29 is 14.3 Å². The van der Waals surface area contributed by atoms with Crippen LogP contribution in [0.3, 0.4) is 0 Å². The van der Waals surface area contributed by atoms with Crippen molar-refractivity contribution in [2.45, 2.75) is 12.8 Å². The standard InChI is InChI=1S/C21H30ClN3O3/c22-18-1-3-19(4-2-18)28-16-13-24-7-5-21(17-24)6-8-25(20(21)26)10-9-23-11-14-27-15-12-23/h1-4H,5-17H2. The van der Waals surface area contributed by atoms with E-state index in [0.717, 1.165) is 84.2 Å². The van der Waals surface area contributed by atoms with Gasteiger partial charge in [0.1, 0.15) is 12.4 Å². The molecule has 3 heterocycles. The van der Waals surface area contributed by atoms with Gasteiger partial charge in [0.15, 0.2) is 0 Å². The molecule has 0 saturated carbocycles. The van der Waals surface area contributed by atoms with Gasteiger partial charge in [-0.15, -0.1) is 0 Å². The van der Waals surface area contributed by atoms with Gasteiger partial charge in [-0.2, -0.15) is 0 Å². The zero-order chi connectivity index (χ0) is 19.4. The van der Waals surface area contributed by atoms with E-state index < -0.39 is 0 Å². The normalized spacial score (nSPS) is 26.5. The van der Waals surface area contributed by atoms with Crippen LogP contribution in [0.25, 0.3) is 0 Å². The molecule has 154 valence electrons. The molecule has 3 saturated heterocycles. The molecule has 7 heteroatoms. The maximum atomic E-state index is 13.1. The average Bonchev–Trinajstić information content (AvgIpc) is 3.27. The summed E-state index contributed by atoms with van der Waals surface area (Å²) in [5.74, 6) is 1.20. The molecular formula is C21H30ClN3O3. The third-order valence-electron chi connectivity index (χ3n) is 6.31. The van der Waals surface area contributed by atoms with Crippen LogP contribution in [0.1, 0.15) is 12.8 Å². The quantitative estimate of drug-likeness (QED) is 0.691. The Morgan fingerprint density at radius 3 is 2.50 bits per heavy atom. The van der Waals surface area contributed by atoms with Crippen molar-refractivity contribution in [3.05, 3.63) is 29.3 Å². The largest absolute Gasteiger partial charge is 0.492 e. The molecule has 3 aliphatic heterocycles. The Balaban J connectivity index is 1.21. The predicted octanol–water partition coefficient (Wildman–Crippen LogP) is 1.98. The van der Waals surface area contributed by atoms with Crippen molar-refractivity contribution in [2.24, 2.45) is 5.41 Å². The van der Waals surface area contributed by atoms with Gasteiger partial charge in [0.05, 0.1) is 18.6 Å². The first-order chi connectivity index (χ1) is 13.6. The lowest BCUT2D eigenvalue weighted by molar-refractivity contribution is -0.135. The summed E-state index contributed by atoms with van der Waals surface area (Å²) in [6.07, 6.45) is 1.96. The highest BCUT2D eigenvalue weighted by atomic mass is 35.5. The number of halogens is 1. The van der Waals surface area contributed by atoms with Crippen LogP contribution in [-0.4, -0.2) is 92.8 Å². The summed E-state index contributed by atoms with van der Waals surface area (Å²) < 4.78 is 11.2. The van der Waals surface area contributed by atoms with E-state index in [2.05, 4.69) is 14.7 Å². The van der Waals surface area contributed by atoms with Crippen molar-refractivity contribution in [3.8, 4) is 5.75 Å². The molecule has 0 bridgehead atoms. The molecule has 3 fully saturated rings. The number of morpholine rings is 1. The van der Waals surface area contributed by atoms with E-state index >= 15 is 0 Å². The van der Waals surface area contributed by atoms with Crippen molar-refractivity contribution in [1.29, 1.82) is 0 Å². The zero-order valence-electron chi connectivity index (χ0n) is 16.4. The Morgan fingerprint density at radius 1 is 0.964 bits per heavy atom. The number of hydrogen-bond acceptors (Lipinski definition) is 5. The molecule has 6 nitrogen and oxygen atoms in total. The summed E-state index contributed by atoms with van der Waals surface area (Å²) in [6, 6.07) is 7.45. The fourth-order valence-electron chi connectivity index (χ4n) is 4.54. The Hall–Kier alpha value is -1.34. The summed E-state index contributed by atoms with van der Waals surface area (Å²) in [5, 5.41) is 0.715. The lowest BCUT2D eigenvalue weighted by Gasteiger charge is -2.29. The smallest absolute Gasteiger partial charge is 0.230 e. The summed E-state index contributed by atoms with van der Waals surface area (Å²) in [5.41, 5.74) is -0.161. The molecule has 3 aliphatic rings. The second kappa shape index (κ2) is 8.99. The van der Waals surface area contributed by atoms with Crippen molar-refractivity contribution >= 4 is 17.5 Å². The van der Waals surface area contributed by atoms with E-state index in [9.17, 15) is 4.79 Å². The van der Waals surface area contributed by atoms with E-state index in [1.807, 2.05) is 24.3 Å². The maximum Gasteiger partial charge on any atom is 0.230 e. The molecule has 0 radical (unpaired) electrons. The number of benzene rings is 1. The third kappa shape index (κ3) is 4.62. The average molecular weight is 408 g/mol. The van der Waals surface area contributed by atoms with Gasteiger partial charge >= 0.3 is 0 Å². The Morgan fingerprint density at radius 2 is 1.71 bits per heavy atom. The Labute approximate surface area is 172 Å². The minimum Gasteiger partial charge on any atom is -0.492 e. The molecule has 4 rings (SSSR count). The molecule has 0 N–H and O–H groups in total. The van der Waals surface area contributed by atoms with E-state index in [4.69, 9.17) is 21.1 Å². The minimum atomic E-state index is -0.161. The van der Waals surface area contributed by atoms with Gasteiger partial charge in [-0.25, -0.2) is 0 Å². The monoisotopic (exact) mass is 407 g/mol. The van der Waals surface area contributed by atoms with Crippen LogP contribution in [0, 0.1) is 5.41 Å². The molecule has 1 spiro atoms. The summed E-state index contributed by atoms with van der Waals surface area (Å²) >= 11 is 5.90. The predicted molar refractivity (Wildman–Crippen MR) is 109 cm³/mol. The maximum absolute atomic E-state index is 13.1. The number of carbonyl (C=O) groups excluding carboxylic acids is 1. The molecule has 1 aromatic rings. The first-order valence-electron chi connectivity index (χ1n) is 10.3. The number of ether oxygens (including phenoxy) is 2. The highest BCUT2D eigenvalue weighted by molar-refractivity contribution is 6.30. The Bertz CT molecular complexity index is 665. The zero-order valence-corrected chi connectivity index (χ0v) is 17.2. The Kier molecular flexibility index (Phi) is 6.41. The lowest BCUT2D eigenvalue weighted by Crippen LogP contribution is -2.43. The van der Waals surface area contributed by atoms with Gasteiger partial charge in [-0.1, -0.05) is 11.6 Å². The molecule has 28 heavy (non-hydrogen) atoms. The number of nitrogens with zero attached hydrogens (tertiary/aromatic N) is 3. The SMILES string of the molecule is O=C1N(CCN2CCOCC2)CCC12CCN(CCOc1ccc(Cl)cc1)C2. The van der Waals surface area contributed by atoms with E-state index in [-0.39, 0.29) is 5.41 Å². The number of likely N-dealkylation sites (tertiary alicyclic amines) is 2. The van der Waals surface area contributed by atoms with Gasteiger partial charge < -0.3 is 14.4 Å². The molecule has 1 atom stereocenters. The number of hydrogen-bond donors (Lipinski definition) is 0. The summed E-state index contributed by atoms with van der Waals surface area (Å²) in [4.78, 5) is 19.9. The molecule has 1 unspecified atom stereocenters. The number of carbonyl (C=O) groups is 1. The van der Waals surface area contributed by atoms with Gasteiger partial charge in [-0.05, 0) is 43.7 Å². The first kappa shape index (κ1) is 20.0. The van der Waals surface area contributed by atoms with Crippen LogP contribution in [0.5, 0.6) is 5.75 Å². The third-order valence-corrected chi connectivity index (χ3v) is 6.57. The molecule has 1 aromatic carbocycles. The van der Waals surface area contributed by atoms with E-state index in [1.165, 1.54) is 0 Å². The topological polar surface area (TPSA) is 45.2 Å². The van der Waals surface area contributed by atoms with Gasteiger partial charge in [0.25, 0.3) is 0 Å². The van der Waals surface area contributed by atoms with Crippen LogP contribution in [0.4, 0.5) is 0 Å². The van der Waals surface area contributed by atoms with Crippen LogP contribution in [0.15, 0.2) is 24.3 Å². The van der Waals surface area contributed by atoms with Crippen molar-refractivity contribution in [1.82, 2.24) is 14.7 Å². The second-order valence-corrected chi connectivity index (χ2v) is 8.54. The minimum absolute atomic E-state index is 0.161. The van der Waals surface area contributed by atoms with Crippen LogP contribution in [0.2, 0.25) is 5.02 Å². The van der Waals surface area contributed by atoms with Crippen LogP contribution < -0.4 is 4.74 Å². The fraction of sp³-hybridized carbons (Fsp3) is 0.667. The summed E-state index contributed by atoms with van der Waals surface area (Å²) in [6.45, 7) is 9.62. The number of rotatable bonds is 7. The van der Waals surface area contributed by atoms with Crippen LogP contribution >= 0.6 is 11.6 Å². The van der Waals surface area contributed by atoms with E-state index in [1.54, 1.807) is 0 Å². The highest BCUT2D eigenvalue weighted by Crippen LogP contribution is 2.40. The highest BCUT2D eigenvalue weighted by Gasteiger charge is 2.50. The fourth-order valence-corrected chi connectivity index (χ4v) is 4.67. The van der Waals surface area contributed by atoms with Crippen LogP contribution in [-0.2, 0) is 9.53 Å². The van der Waals surface area contributed by atoms with Crippen molar-refractivity contribution in [3.63, 3.8) is 0 Å². The summed E-state index contributed by atoms with van der Waals surface area (Å²) in [7, 11) is 0. The van der Waals surface area contributed by atoms with Gasteiger partial charge in [0.2, 0.25) is 5.91 Å². The molecule has 1 amide bonds. The second-order valence-electron chi connectivity index (χ2n) is 8.11. The molecular weight excluding hydrogens is 378 g/mol.